The van der Waals surface area contributed by atoms with Crippen LogP contribution in [0.3, 0.4) is 0 Å². The average Bonchev–Trinajstić information content (AvgIpc) is 2.84. The van der Waals surface area contributed by atoms with E-state index in [1.54, 1.807) is 12.1 Å². The summed E-state index contributed by atoms with van der Waals surface area (Å²) >= 11 is 0. The first-order valence-corrected chi connectivity index (χ1v) is 15.5. The van der Waals surface area contributed by atoms with Gasteiger partial charge in [-0.25, -0.2) is 16.8 Å². The van der Waals surface area contributed by atoms with Gasteiger partial charge < -0.3 is 10.2 Å². The molecule has 37 heavy (non-hydrogen) atoms. The van der Waals surface area contributed by atoms with Crippen molar-refractivity contribution in [2.24, 2.45) is 5.92 Å². The molecule has 2 aliphatic heterocycles. The van der Waals surface area contributed by atoms with Gasteiger partial charge in [-0.15, -0.1) is 0 Å². The Bertz CT molecular complexity index is 1340. The van der Waals surface area contributed by atoms with E-state index in [0.29, 0.717) is 49.6 Å². The van der Waals surface area contributed by atoms with E-state index in [0.717, 1.165) is 16.7 Å². The van der Waals surface area contributed by atoms with Crippen LogP contribution >= 0.6 is 0 Å². The normalized spacial score (nSPS) is 19.1. The number of hydrogen-bond donors (Lipinski definition) is 1. The van der Waals surface area contributed by atoms with Gasteiger partial charge in [0.25, 0.3) is 0 Å². The fourth-order valence-corrected chi connectivity index (χ4v) is 8.50. The molecule has 4 rings (SSSR count). The zero-order chi connectivity index (χ0) is 27.0. The second-order valence-electron chi connectivity index (χ2n) is 10.1. The molecule has 2 fully saturated rings. The Morgan fingerprint density at radius 2 is 1.30 bits per heavy atom. The topological polar surface area (TPSA) is 107 Å². The summed E-state index contributed by atoms with van der Waals surface area (Å²) in [5.41, 5.74) is 3.00. The fraction of sp³-hybridized carbons (Fsp3) is 0.500. The number of carbonyl (C=O) groups excluding carboxylic acids is 1. The highest BCUT2D eigenvalue weighted by molar-refractivity contribution is 7.89. The molecule has 1 amide bonds. The summed E-state index contributed by atoms with van der Waals surface area (Å²) in [6.45, 7) is 8.41. The van der Waals surface area contributed by atoms with Crippen molar-refractivity contribution < 1.29 is 21.6 Å². The van der Waals surface area contributed by atoms with Crippen LogP contribution in [0.4, 0.5) is 5.69 Å². The standard InChI is InChI=1S/C26H36N4O5S2/c1-19-17-20(2)25(21(3)18-19)37(34,35)29-11-9-22(10-12-29)26(31)27-23-5-7-24(8-6-23)36(32,33)30-15-13-28(4)14-16-30/h5-8,17-18,22H,9-16H2,1-4H3,(H,27,31). The maximum Gasteiger partial charge on any atom is 0.243 e. The number of hydrogen-bond acceptors (Lipinski definition) is 6. The van der Waals surface area contributed by atoms with Gasteiger partial charge in [0.15, 0.2) is 0 Å². The Hall–Kier alpha value is -2.31. The monoisotopic (exact) mass is 548 g/mol. The number of likely N-dealkylation sites (N-methyl/N-ethyl adjacent to an activating group) is 1. The lowest BCUT2D eigenvalue weighted by atomic mass is 9.97. The van der Waals surface area contributed by atoms with Crippen molar-refractivity contribution in [2.45, 2.75) is 43.4 Å². The van der Waals surface area contributed by atoms with Crippen molar-refractivity contribution in [2.75, 3.05) is 51.6 Å². The Morgan fingerprint density at radius 3 is 1.84 bits per heavy atom. The molecule has 9 nitrogen and oxygen atoms in total. The number of carbonyl (C=O) groups is 1. The van der Waals surface area contributed by atoms with Gasteiger partial charge in [0, 0.05) is 50.9 Å². The van der Waals surface area contributed by atoms with E-state index in [2.05, 4.69) is 10.2 Å². The first kappa shape index (κ1) is 27.7. The minimum atomic E-state index is -3.64. The third-order valence-electron chi connectivity index (χ3n) is 7.25. The molecule has 2 heterocycles. The Morgan fingerprint density at radius 1 is 0.784 bits per heavy atom. The molecule has 0 radical (unpaired) electrons. The summed E-state index contributed by atoms with van der Waals surface area (Å²) in [5, 5.41) is 2.86. The van der Waals surface area contributed by atoms with Gasteiger partial charge in [0.1, 0.15) is 0 Å². The number of sulfonamides is 2. The smallest absolute Gasteiger partial charge is 0.243 e. The molecule has 2 aromatic carbocycles. The predicted octanol–water partition coefficient (Wildman–Crippen LogP) is 2.59. The summed E-state index contributed by atoms with van der Waals surface area (Å²) in [6, 6.07) is 9.99. The molecule has 0 unspecified atom stereocenters. The minimum Gasteiger partial charge on any atom is -0.326 e. The molecule has 0 saturated carbocycles. The number of nitrogens with one attached hydrogen (secondary N) is 1. The van der Waals surface area contributed by atoms with Gasteiger partial charge in [0.2, 0.25) is 26.0 Å². The second-order valence-corrected chi connectivity index (χ2v) is 13.9. The molecule has 11 heteroatoms. The van der Waals surface area contributed by atoms with E-state index in [1.807, 2.05) is 40.0 Å². The summed E-state index contributed by atoms with van der Waals surface area (Å²) in [4.78, 5) is 15.5. The van der Waals surface area contributed by atoms with E-state index >= 15 is 0 Å². The number of nitrogens with zero attached hydrogens (tertiary/aromatic N) is 3. The van der Waals surface area contributed by atoms with Crippen molar-refractivity contribution in [3.05, 3.63) is 53.1 Å². The van der Waals surface area contributed by atoms with Crippen LogP contribution in [0.15, 0.2) is 46.2 Å². The Kier molecular flexibility index (Phi) is 8.10. The van der Waals surface area contributed by atoms with Crippen LogP contribution in [0.5, 0.6) is 0 Å². The van der Waals surface area contributed by atoms with Gasteiger partial charge in [-0.1, -0.05) is 17.7 Å². The maximum absolute atomic E-state index is 13.3. The van der Waals surface area contributed by atoms with Gasteiger partial charge in [-0.2, -0.15) is 8.61 Å². The van der Waals surface area contributed by atoms with E-state index in [-0.39, 0.29) is 29.8 Å². The van der Waals surface area contributed by atoms with Crippen LogP contribution < -0.4 is 5.32 Å². The average molecular weight is 549 g/mol. The first-order valence-electron chi connectivity index (χ1n) is 12.6. The van der Waals surface area contributed by atoms with Gasteiger partial charge in [-0.3, -0.25) is 4.79 Å². The Balaban J connectivity index is 1.36. The van der Waals surface area contributed by atoms with Crippen LogP contribution in [0, 0.1) is 26.7 Å². The van der Waals surface area contributed by atoms with Crippen molar-refractivity contribution in [3.63, 3.8) is 0 Å². The predicted molar refractivity (Wildman–Crippen MR) is 143 cm³/mol. The van der Waals surface area contributed by atoms with Crippen molar-refractivity contribution in [3.8, 4) is 0 Å². The number of amides is 1. The van der Waals surface area contributed by atoms with E-state index < -0.39 is 20.0 Å². The van der Waals surface area contributed by atoms with Gasteiger partial charge >= 0.3 is 0 Å². The van der Waals surface area contributed by atoms with Crippen LogP contribution in [-0.4, -0.2) is 82.6 Å². The lowest BCUT2D eigenvalue weighted by molar-refractivity contribution is -0.120. The third-order valence-corrected chi connectivity index (χ3v) is 11.4. The quantitative estimate of drug-likeness (QED) is 0.595. The summed E-state index contributed by atoms with van der Waals surface area (Å²) in [7, 11) is -5.24. The third kappa shape index (κ3) is 5.91. The summed E-state index contributed by atoms with van der Waals surface area (Å²) < 4.78 is 55.4. The number of piperazine rings is 1. The van der Waals surface area contributed by atoms with Crippen LogP contribution in [0.2, 0.25) is 0 Å². The number of anilines is 1. The highest BCUT2D eigenvalue weighted by Gasteiger charge is 2.34. The minimum absolute atomic E-state index is 0.186. The molecule has 0 spiro atoms. The number of aryl methyl sites for hydroxylation is 3. The molecule has 0 aromatic heterocycles. The Labute approximate surface area is 220 Å². The number of rotatable bonds is 6. The van der Waals surface area contributed by atoms with E-state index in [1.165, 1.54) is 20.7 Å². The largest absolute Gasteiger partial charge is 0.326 e. The van der Waals surface area contributed by atoms with Gasteiger partial charge in [-0.05, 0) is 76.1 Å². The maximum atomic E-state index is 13.3. The van der Waals surface area contributed by atoms with Crippen LogP contribution in [0.1, 0.15) is 29.5 Å². The molecular formula is C26H36N4O5S2. The fourth-order valence-electron chi connectivity index (χ4n) is 5.19. The summed E-state index contributed by atoms with van der Waals surface area (Å²) in [5.74, 6) is -0.505. The molecule has 2 aliphatic rings. The van der Waals surface area contributed by atoms with Crippen LogP contribution in [0.25, 0.3) is 0 Å². The molecule has 0 atom stereocenters. The molecular weight excluding hydrogens is 512 g/mol. The van der Waals surface area contributed by atoms with E-state index in [4.69, 9.17) is 0 Å². The van der Waals surface area contributed by atoms with Crippen molar-refractivity contribution in [1.82, 2.24) is 13.5 Å². The van der Waals surface area contributed by atoms with Gasteiger partial charge in [0.05, 0.1) is 9.79 Å². The van der Waals surface area contributed by atoms with Crippen LogP contribution in [-0.2, 0) is 24.8 Å². The molecule has 202 valence electrons. The zero-order valence-electron chi connectivity index (χ0n) is 21.9. The van der Waals surface area contributed by atoms with Crippen molar-refractivity contribution in [1.29, 1.82) is 0 Å². The molecule has 0 bridgehead atoms. The SMILES string of the molecule is Cc1cc(C)c(S(=O)(=O)N2CCC(C(=O)Nc3ccc(S(=O)(=O)N4CCN(C)CC4)cc3)CC2)c(C)c1. The lowest BCUT2D eigenvalue weighted by Gasteiger charge is -2.31. The van der Waals surface area contributed by atoms with E-state index in [9.17, 15) is 21.6 Å². The summed E-state index contributed by atoms with van der Waals surface area (Å²) in [6.07, 6.45) is 0.843. The highest BCUT2D eigenvalue weighted by Crippen LogP contribution is 2.29. The molecule has 1 N–H and O–H groups in total. The molecule has 0 aliphatic carbocycles. The highest BCUT2D eigenvalue weighted by atomic mass is 32.2. The molecule has 2 saturated heterocycles. The first-order chi connectivity index (χ1) is 17.4. The second kappa shape index (κ2) is 10.8. The molecule has 2 aromatic rings. The van der Waals surface area contributed by atoms with Crippen molar-refractivity contribution >= 4 is 31.6 Å². The number of piperidine rings is 1. The lowest BCUT2D eigenvalue weighted by Crippen LogP contribution is -2.46. The zero-order valence-corrected chi connectivity index (χ0v) is 23.5. The number of benzene rings is 2.